The van der Waals surface area contributed by atoms with Crippen LogP contribution in [0.15, 0.2) is 18.2 Å². The Kier molecular flexibility index (Phi) is 5.26. The Balaban J connectivity index is 1.50. The van der Waals surface area contributed by atoms with Gasteiger partial charge in [-0.15, -0.1) is 0 Å². The third-order valence-electron chi connectivity index (χ3n) is 5.37. The molecule has 24 heavy (non-hydrogen) atoms. The van der Waals surface area contributed by atoms with Crippen LogP contribution in [-0.2, 0) is 16.1 Å². The maximum Gasteiger partial charge on any atom is 0.216 e. The summed E-state index contributed by atoms with van der Waals surface area (Å²) in [6.07, 6.45) is 4.61. The second-order valence-corrected chi connectivity index (χ2v) is 7.67. The number of hydrogen-bond donors (Lipinski definition) is 1. The molecule has 132 valence electrons. The molecule has 0 radical (unpaired) electrons. The number of aryl methyl sites for hydroxylation is 2. The van der Waals surface area contributed by atoms with Crippen molar-refractivity contribution in [3.8, 4) is 0 Å². The first-order valence-corrected chi connectivity index (χ1v) is 9.16. The molecule has 1 spiro atoms. The third-order valence-corrected chi connectivity index (χ3v) is 5.37. The Hall–Kier alpha value is -1.39. The zero-order chi connectivity index (χ0) is 17.2. The fourth-order valence-electron chi connectivity index (χ4n) is 4.20. The average molecular weight is 330 g/mol. The number of carbonyl (C=O) groups excluding carboxylic acids is 1. The van der Waals surface area contributed by atoms with Gasteiger partial charge >= 0.3 is 0 Å². The number of rotatable bonds is 4. The Morgan fingerprint density at radius 2 is 1.88 bits per heavy atom. The van der Waals surface area contributed by atoms with Gasteiger partial charge < -0.3 is 10.1 Å². The van der Waals surface area contributed by atoms with Crippen LogP contribution in [0.4, 0.5) is 0 Å². The predicted molar refractivity (Wildman–Crippen MR) is 95.9 cm³/mol. The molecule has 2 aliphatic rings. The van der Waals surface area contributed by atoms with E-state index in [0.29, 0.717) is 6.54 Å². The number of nitrogens with zero attached hydrogens (tertiary/aromatic N) is 1. The zero-order valence-corrected chi connectivity index (χ0v) is 15.2. The van der Waals surface area contributed by atoms with E-state index in [9.17, 15) is 4.79 Å². The minimum atomic E-state index is 0.0304. The largest absolute Gasteiger partial charge is 0.370 e. The number of benzene rings is 1. The van der Waals surface area contributed by atoms with Crippen LogP contribution < -0.4 is 5.32 Å². The van der Waals surface area contributed by atoms with Crippen LogP contribution in [-0.4, -0.2) is 42.1 Å². The number of piperidine rings is 1. The molecule has 4 heteroatoms. The number of amides is 1. The van der Waals surface area contributed by atoms with Gasteiger partial charge in [-0.25, -0.2) is 0 Å². The molecule has 0 aromatic heterocycles. The lowest BCUT2D eigenvalue weighted by atomic mass is 9.88. The van der Waals surface area contributed by atoms with E-state index >= 15 is 0 Å². The highest BCUT2D eigenvalue weighted by atomic mass is 16.5. The summed E-state index contributed by atoms with van der Waals surface area (Å²) in [7, 11) is 0. The number of hydrogen-bond acceptors (Lipinski definition) is 3. The lowest BCUT2D eigenvalue weighted by molar-refractivity contribution is -0.120. The van der Waals surface area contributed by atoms with Gasteiger partial charge in [0.2, 0.25) is 5.91 Å². The molecule has 1 amide bonds. The predicted octanol–water partition coefficient (Wildman–Crippen LogP) is 2.95. The van der Waals surface area contributed by atoms with Crippen molar-refractivity contribution in [1.29, 1.82) is 0 Å². The van der Waals surface area contributed by atoms with Crippen LogP contribution in [0, 0.1) is 13.8 Å². The van der Waals surface area contributed by atoms with E-state index in [-0.39, 0.29) is 17.6 Å². The van der Waals surface area contributed by atoms with Crippen molar-refractivity contribution in [3.05, 3.63) is 34.9 Å². The van der Waals surface area contributed by atoms with Crippen molar-refractivity contribution in [1.82, 2.24) is 10.2 Å². The first kappa shape index (κ1) is 17.4. The van der Waals surface area contributed by atoms with Gasteiger partial charge in [-0.1, -0.05) is 29.3 Å². The quantitative estimate of drug-likeness (QED) is 0.923. The summed E-state index contributed by atoms with van der Waals surface area (Å²) >= 11 is 0. The minimum Gasteiger partial charge on any atom is -0.370 e. The molecular weight excluding hydrogens is 300 g/mol. The van der Waals surface area contributed by atoms with Crippen LogP contribution in [0.2, 0.25) is 0 Å². The summed E-state index contributed by atoms with van der Waals surface area (Å²) in [4.78, 5) is 13.6. The highest BCUT2D eigenvalue weighted by molar-refractivity contribution is 5.72. The first-order valence-electron chi connectivity index (χ1n) is 9.16. The Bertz CT molecular complexity index is 571. The Labute approximate surface area is 145 Å². The molecule has 3 rings (SSSR count). The van der Waals surface area contributed by atoms with Crippen molar-refractivity contribution in [2.24, 2.45) is 0 Å². The van der Waals surface area contributed by atoms with Crippen LogP contribution in [0.3, 0.4) is 0 Å². The van der Waals surface area contributed by atoms with Crippen molar-refractivity contribution in [2.75, 3.05) is 19.6 Å². The summed E-state index contributed by atoms with van der Waals surface area (Å²) in [6.45, 7) is 9.79. The van der Waals surface area contributed by atoms with Gasteiger partial charge in [-0.2, -0.15) is 0 Å². The van der Waals surface area contributed by atoms with E-state index in [4.69, 9.17) is 4.74 Å². The standard InChI is InChI=1S/C20H30N2O2/c1-15-10-16(2)12-18(11-15)14-22-8-6-20(7-9-22)5-4-19(24-20)13-21-17(3)23/h10-12,19H,4-9,13-14H2,1-3H3,(H,21,23). The summed E-state index contributed by atoms with van der Waals surface area (Å²) in [6, 6.07) is 6.83. The molecule has 0 aliphatic carbocycles. The number of likely N-dealkylation sites (tertiary alicyclic amines) is 1. The maximum absolute atomic E-state index is 11.1. The van der Waals surface area contributed by atoms with Gasteiger partial charge in [0.05, 0.1) is 11.7 Å². The van der Waals surface area contributed by atoms with E-state index < -0.39 is 0 Å². The molecule has 2 aliphatic heterocycles. The lowest BCUT2D eigenvalue weighted by Crippen LogP contribution is -2.44. The van der Waals surface area contributed by atoms with Gasteiger partial charge in [0.1, 0.15) is 0 Å². The molecule has 2 fully saturated rings. The third kappa shape index (κ3) is 4.37. The van der Waals surface area contributed by atoms with Gasteiger partial charge in [-0.3, -0.25) is 9.69 Å². The second-order valence-electron chi connectivity index (χ2n) is 7.67. The molecule has 1 atom stereocenters. The van der Waals surface area contributed by atoms with Crippen molar-refractivity contribution in [3.63, 3.8) is 0 Å². The van der Waals surface area contributed by atoms with Crippen molar-refractivity contribution < 1.29 is 9.53 Å². The Morgan fingerprint density at radius 3 is 2.50 bits per heavy atom. The smallest absolute Gasteiger partial charge is 0.216 e. The highest BCUT2D eigenvalue weighted by Gasteiger charge is 2.42. The lowest BCUT2D eigenvalue weighted by Gasteiger charge is -2.39. The number of carbonyl (C=O) groups is 1. The highest BCUT2D eigenvalue weighted by Crippen LogP contribution is 2.39. The van der Waals surface area contributed by atoms with Gasteiger partial charge in [-0.05, 0) is 45.1 Å². The van der Waals surface area contributed by atoms with E-state index in [2.05, 4.69) is 42.3 Å². The van der Waals surface area contributed by atoms with Crippen LogP contribution in [0.5, 0.6) is 0 Å². The van der Waals surface area contributed by atoms with Crippen LogP contribution in [0.25, 0.3) is 0 Å². The van der Waals surface area contributed by atoms with E-state index in [1.54, 1.807) is 6.92 Å². The number of nitrogens with one attached hydrogen (secondary N) is 1. The molecule has 4 nitrogen and oxygen atoms in total. The molecule has 1 unspecified atom stereocenters. The van der Waals surface area contributed by atoms with E-state index in [0.717, 1.165) is 45.3 Å². The normalized spacial score (nSPS) is 23.5. The molecule has 0 saturated carbocycles. The fraction of sp³-hybridized carbons (Fsp3) is 0.650. The summed E-state index contributed by atoms with van der Waals surface area (Å²) in [5.74, 6) is 0.0304. The molecule has 1 aromatic rings. The minimum absolute atomic E-state index is 0.0304. The van der Waals surface area contributed by atoms with Gasteiger partial charge in [0.15, 0.2) is 0 Å². The molecule has 2 saturated heterocycles. The molecular formula is C20H30N2O2. The monoisotopic (exact) mass is 330 g/mol. The maximum atomic E-state index is 11.1. The van der Waals surface area contributed by atoms with Gasteiger partial charge in [0.25, 0.3) is 0 Å². The molecule has 2 heterocycles. The SMILES string of the molecule is CC(=O)NCC1CCC2(CCN(Cc3cc(C)cc(C)c3)CC2)O1. The summed E-state index contributed by atoms with van der Waals surface area (Å²) in [5.41, 5.74) is 4.17. The molecule has 1 aromatic carbocycles. The van der Waals surface area contributed by atoms with Gasteiger partial charge in [0, 0.05) is 33.1 Å². The Morgan fingerprint density at radius 1 is 1.21 bits per heavy atom. The second kappa shape index (κ2) is 7.24. The van der Waals surface area contributed by atoms with E-state index in [1.807, 2.05) is 0 Å². The van der Waals surface area contributed by atoms with Crippen molar-refractivity contribution >= 4 is 5.91 Å². The number of ether oxygens (including phenoxy) is 1. The first-order chi connectivity index (χ1) is 11.4. The molecule has 1 N–H and O–H groups in total. The van der Waals surface area contributed by atoms with Crippen LogP contribution in [0.1, 0.15) is 49.3 Å². The summed E-state index contributed by atoms with van der Waals surface area (Å²) < 4.78 is 6.34. The van der Waals surface area contributed by atoms with E-state index in [1.165, 1.54) is 16.7 Å². The fourth-order valence-corrected chi connectivity index (χ4v) is 4.20. The topological polar surface area (TPSA) is 41.6 Å². The molecule has 0 bridgehead atoms. The van der Waals surface area contributed by atoms with Crippen LogP contribution >= 0.6 is 0 Å². The van der Waals surface area contributed by atoms with Crippen molar-refractivity contribution in [2.45, 2.75) is 64.7 Å². The average Bonchev–Trinajstić information content (AvgIpc) is 2.90. The zero-order valence-electron chi connectivity index (χ0n) is 15.2. The summed E-state index contributed by atoms with van der Waals surface area (Å²) in [5, 5.41) is 2.89.